The van der Waals surface area contributed by atoms with Crippen LogP contribution in [-0.2, 0) is 16.6 Å². The highest BCUT2D eigenvalue weighted by Gasteiger charge is 2.08. The predicted octanol–water partition coefficient (Wildman–Crippen LogP) is 1.41. The summed E-state index contributed by atoms with van der Waals surface area (Å²) in [6.07, 6.45) is 0. The van der Waals surface area contributed by atoms with Crippen molar-refractivity contribution in [1.82, 2.24) is 5.32 Å². The fourth-order valence-electron chi connectivity index (χ4n) is 1.35. The first-order valence-corrected chi connectivity index (χ1v) is 6.66. The number of benzene rings is 1. The molecule has 1 rings (SSSR count). The van der Waals surface area contributed by atoms with Gasteiger partial charge in [0.2, 0.25) is 0 Å². The summed E-state index contributed by atoms with van der Waals surface area (Å²) in [4.78, 5) is 0. The van der Waals surface area contributed by atoms with Crippen LogP contribution in [0.4, 0.5) is 0 Å². The maximum atomic E-state index is 11.8. The van der Waals surface area contributed by atoms with Crippen molar-refractivity contribution in [2.75, 3.05) is 12.8 Å². The Morgan fingerprint density at radius 2 is 2.19 bits per heavy atom. The number of hydrogen-bond donors (Lipinski definition) is 1. The maximum absolute atomic E-state index is 11.8. The van der Waals surface area contributed by atoms with Gasteiger partial charge in [-0.3, -0.25) is 4.21 Å². The average Bonchev–Trinajstić information content (AvgIpc) is 2.29. The molecule has 16 heavy (non-hydrogen) atoms. The second-order valence-electron chi connectivity index (χ2n) is 3.71. The summed E-state index contributed by atoms with van der Waals surface area (Å²) in [6, 6.07) is 9.66. The molecule has 4 heteroatoms. The Bertz CT molecular complexity index is 412. The number of nitrogens with one attached hydrogen (secondary N) is 1. The predicted molar refractivity (Wildman–Crippen MR) is 66.4 cm³/mol. The van der Waals surface area contributed by atoms with Crippen molar-refractivity contribution in [3.05, 3.63) is 35.4 Å². The molecule has 1 N–H and O–H groups in total. The minimum absolute atomic E-state index is 0.232. The highest BCUT2D eigenvalue weighted by molar-refractivity contribution is 7.84. The third-order valence-electron chi connectivity index (χ3n) is 2.38. The molecule has 0 saturated carbocycles. The van der Waals surface area contributed by atoms with Crippen molar-refractivity contribution in [2.45, 2.75) is 18.7 Å². The second kappa shape index (κ2) is 6.41. The Hall–Kier alpha value is -1.18. The zero-order valence-corrected chi connectivity index (χ0v) is 10.4. The number of hydrogen-bond acceptors (Lipinski definition) is 3. The fraction of sp³-hybridized carbons (Fsp3) is 0.417. The quantitative estimate of drug-likeness (QED) is 0.841. The van der Waals surface area contributed by atoms with E-state index in [1.54, 1.807) is 6.07 Å². The van der Waals surface area contributed by atoms with E-state index in [1.165, 1.54) is 0 Å². The molecule has 0 aromatic heterocycles. The van der Waals surface area contributed by atoms with E-state index in [0.29, 0.717) is 17.1 Å². The molecule has 0 aliphatic heterocycles. The van der Waals surface area contributed by atoms with E-state index in [4.69, 9.17) is 5.26 Å². The zero-order chi connectivity index (χ0) is 12.0. The fourth-order valence-corrected chi connectivity index (χ4v) is 2.79. The maximum Gasteiger partial charge on any atom is 0.0994 e. The van der Waals surface area contributed by atoms with Gasteiger partial charge in [-0.05, 0) is 25.6 Å². The molecule has 0 bridgehead atoms. The Morgan fingerprint density at radius 1 is 1.50 bits per heavy atom. The largest absolute Gasteiger partial charge is 0.316 e. The van der Waals surface area contributed by atoms with Gasteiger partial charge in [-0.2, -0.15) is 5.26 Å². The number of rotatable bonds is 5. The van der Waals surface area contributed by atoms with Gasteiger partial charge < -0.3 is 5.32 Å². The van der Waals surface area contributed by atoms with Gasteiger partial charge in [0.25, 0.3) is 0 Å². The summed E-state index contributed by atoms with van der Waals surface area (Å²) in [6.45, 7) is 1.99. The summed E-state index contributed by atoms with van der Waals surface area (Å²) in [7, 11) is 0.926. The van der Waals surface area contributed by atoms with Crippen LogP contribution in [0.2, 0.25) is 0 Å². The van der Waals surface area contributed by atoms with E-state index in [-0.39, 0.29) is 6.04 Å². The van der Waals surface area contributed by atoms with Crippen molar-refractivity contribution in [3.63, 3.8) is 0 Å². The standard InChI is InChI=1S/C12H16N2OS/c1-10(14-2)8-16(15)9-12-6-4-3-5-11(12)7-13/h3-6,10,14H,8-9H2,1-2H3. The molecule has 0 aliphatic carbocycles. The molecule has 1 aromatic rings. The molecular formula is C12H16N2OS. The van der Waals surface area contributed by atoms with Crippen LogP contribution in [0.25, 0.3) is 0 Å². The third-order valence-corrected chi connectivity index (χ3v) is 3.89. The van der Waals surface area contributed by atoms with Crippen LogP contribution in [0.5, 0.6) is 0 Å². The van der Waals surface area contributed by atoms with Crippen molar-refractivity contribution < 1.29 is 4.21 Å². The summed E-state index contributed by atoms with van der Waals surface area (Å²) in [5.41, 5.74) is 1.49. The molecule has 0 radical (unpaired) electrons. The lowest BCUT2D eigenvalue weighted by atomic mass is 10.1. The van der Waals surface area contributed by atoms with Crippen LogP contribution in [0.3, 0.4) is 0 Å². The van der Waals surface area contributed by atoms with Crippen LogP contribution >= 0.6 is 0 Å². The summed E-state index contributed by atoms with van der Waals surface area (Å²) >= 11 is 0. The van der Waals surface area contributed by atoms with Gasteiger partial charge in [-0.25, -0.2) is 0 Å². The SMILES string of the molecule is CNC(C)CS(=O)Cc1ccccc1C#N. The van der Waals surface area contributed by atoms with Gasteiger partial charge in [0.1, 0.15) is 0 Å². The van der Waals surface area contributed by atoms with Crippen LogP contribution in [0.1, 0.15) is 18.1 Å². The minimum atomic E-state index is -0.926. The van der Waals surface area contributed by atoms with Crippen molar-refractivity contribution >= 4 is 10.8 Å². The molecule has 3 nitrogen and oxygen atoms in total. The average molecular weight is 236 g/mol. The van der Waals surface area contributed by atoms with E-state index in [0.717, 1.165) is 5.56 Å². The van der Waals surface area contributed by atoms with Gasteiger partial charge >= 0.3 is 0 Å². The molecule has 0 fully saturated rings. The van der Waals surface area contributed by atoms with Crippen molar-refractivity contribution in [3.8, 4) is 6.07 Å². The third kappa shape index (κ3) is 3.76. The summed E-state index contributed by atoms with van der Waals surface area (Å²) in [5.74, 6) is 1.06. The van der Waals surface area contributed by atoms with E-state index in [1.807, 2.05) is 32.2 Å². The number of nitriles is 1. The van der Waals surface area contributed by atoms with Gasteiger partial charge in [0.15, 0.2) is 0 Å². The molecule has 0 heterocycles. The van der Waals surface area contributed by atoms with Crippen LogP contribution in [0, 0.1) is 11.3 Å². The lowest BCUT2D eigenvalue weighted by molar-refractivity contribution is 0.645. The molecule has 0 amide bonds. The lowest BCUT2D eigenvalue weighted by Crippen LogP contribution is -2.28. The van der Waals surface area contributed by atoms with E-state index in [9.17, 15) is 4.21 Å². The first-order chi connectivity index (χ1) is 7.67. The Balaban J connectivity index is 2.67. The van der Waals surface area contributed by atoms with Gasteiger partial charge in [-0.1, -0.05) is 18.2 Å². The van der Waals surface area contributed by atoms with Crippen molar-refractivity contribution in [1.29, 1.82) is 5.26 Å². The first-order valence-electron chi connectivity index (χ1n) is 5.17. The topological polar surface area (TPSA) is 52.9 Å². The number of nitrogens with zero attached hydrogens (tertiary/aromatic N) is 1. The molecule has 2 atom stereocenters. The van der Waals surface area contributed by atoms with Crippen molar-refractivity contribution in [2.24, 2.45) is 0 Å². The molecular weight excluding hydrogens is 220 g/mol. The van der Waals surface area contributed by atoms with Gasteiger partial charge in [0.05, 0.1) is 11.6 Å². The van der Waals surface area contributed by atoms with Gasteiger partial charge in [0, 0.05) is 28.3 Å². The zero-order valence-electron chi connectivity index (χ0n) is 9.56. The molecule has 86 valence electrons. The minimum Gasteiger partial charge on any atom is -0.316 e. The van der Waals surface area contributed by atoms with Crippen LogP contribution < -0.4 is 5.32 Å². The Labute approximate surface area is 98.9 Å². The Kier molecular flexibility index (Phi) is 5.17. The normalized spacial score (nSPS) is 14.1. The molecule has 0 saturated heterocycles. The second-order valence-corrected chi connectivity index (χ2v) is 5.21. The highest BCUT2D eigenvalue weighted by atomic mass is 32.2. The molecule has 1 aromatic carbocycles. The lowest BCUT2D eigenvalue weighted by Gasteiger charge is -2.10. The van der Waals surface area contributed by atoms with E-state index < -0.39 is 10.8 Å². The van der Waals surface area contributed by atoms with Gasteiger partial charge in [-0.15, -0.1) is 0 Å². The molecule has 2 unspecified atom stereocenters. The molecule has 0 aliphatic rings. The smallest absolute Gasteiger partial charge is 0.0994 e. The molecule has 0 spiro atoms. The van der Waals surface area contributed by atoms with Crippen LogP contribution in [-0.4, -0.2) is 23.1 Å². The first kappa shape index (κ1) is 12.9. The summed E-state index contributed by atoms with van der Waals surface area (Å²) in [5, 5.41) is 12.0. The summed E-state index contributed by atoms with van der Waals surface area (Å²) < 4.78 is 11.8. The highest BCUT2D eigenvalue weighted by Crippen LogP contribution is 2.10. The Morgan fingerprint density at radius 3 is 2.81 bits per heavy atom. The monoisotopic (exact) mass is 236 g/mol. The van der Waals surface area contributed by atoms with Crippen LogP contribution in [0.15, 0.2) is 24.3 Å². The van der Waals surface area contributed by atoms with E-state index in [2.05, 4.69) is 11.4 Å². The van der Waals surface area contributed by atoms with E-state index >= 15 is 0 Å².